The van der Waals surface area contributed by atoms with Gasteiger partial charge >= 0.3 is 12.2 Å². The van der Waals surface area contributed by atoms with Crippen LogP contribution in [0.3, 0.4) is 0 Å². The highest BCUT2D eigenvalue weighted by molar-refractivity contribution is 6.30. The van der Waals surface area contributed by atoms with E-state index >= 15 is 0 Å². The maximum absolute atomic E-state index is 12.8. The van der Waals surface area contributed by atoms with Crippen LogP contribution < -0.4 is 15.4 Å². The molecule has 0 atom stereocenters. The van der Waals surface area contributed by atoms with E-state index in [1.54, 1.807) is 24.3 Å². The van der Waals surface area contributed by atoms with E-state index in [1.807, 2.05) is 0 Å². The lowest BCUT2D eigenvalue weighted by molar-refractivity contribution is -0.136. The second-order valence-electron chi connectivity index (χ2n) is 4.73. The van der Waals surface area contributed by atoms with E-state index in [-0.39, 0.29) is 18.8 Å². The molecule has 0 aliphatic carbocycles. The predicted molar refractivity (Wildman–Crippen MR) is 85.4 cm³/mol. The van der Waals surface area contributed by atoms with Crippen molar-refractivity contribution in [3.63, 3.8) is 0 Å². The van der Waals surface area contributed by atoms with Crippen molar-refractivity contribution in [3.05, 3.63) is 59.1 Å². The summed E-state index contributed by atoms with van der Waals surface area (Å²) in [6, 6.07) is 10.7. The molecular formula is C16H14ClF3N2O2. The molecule has 8 heteroatoms. The Bertz CT molecular complexity index is 708. The van der Waals surface area contributed by atoms with Crippen LogP contribution in [-0.4, -0.2) is 19.2 Å². The number of halogens is 4. The number of carbonyl (C=O) groups is 1. The highest BCUT2D eigenvalue weighted by Gasteiger charge is 2.33. The smallest absolute Gasteiger partial charge is 0.418 e. The first-order valence-corrected chi connectivity index (χ1v) is 7.33. The van der Waals surface area contributed by atoms with Gasteiger partial charge in [0.05, 0.1) is 17.8 Å². The molecule has 0 saturated heterocycles. The molecule has 0 fully saturated rings. The zero-order valence-electron chi connectivity index (χ0n) is 12.4. The van der Waals surface area contributed by atoms with Crippen LogP contribution in [0.25, 0.3) is 0 Å². The molecule has 0 aliphatic heterocycles. The van der Waals surface area contributed by atoms with E-state index in [0.717, 1.165) is 6.07 Å². The maximum atomic E-state index is 12.8. The molecule has 0 aromatic heterocycles. The Morgan fingerprint density at radius 2 is 1.88 bits per heavy atom. The number of hydrogen-bond acceptors (Lipinski definition) is 2. The Hall–Kier alpha value is -2.41. The lowest BCUT2D eigenvalue weighted by atomic mass is 10.1. The Morgan fingerprint density at radius 3 is 2.58 bits per heavy atom. The summed E-state index contributed by atoms with van der Waals surface area (Å²) in [5.74, 6) is 0.534. The Balaban J connectivity index is 1.82. The number of nitrogens with one attached hydrogen (secondary N) is 2. The van der Waals surface area contributed by atoms with Gasteiger partial charge in [-0.05, 0) is 30.3 Å². The number of para-hydroxylation sites is 1. The van der Waals surface area contributed by atoms with E-state index < -0.39 is 17.8 Å². The van der Waals surface area contributed by atoms with E-state index in [1.165, 1.54) is 18.2 Å². The van der Waals surface area contributed by atoms with Crippen molar-refractivity contribution < 1.29 is 22.7 Å². The van der Waals surface area contributed by atoms with Crippen LogP contribution in [0.2, 0.25) is 5.02 Å². The second-order valence-corrected chi connectivity index (χ2v) is 5.17. The van der Waals surface area contributed by atoms with Crippen LogP contribution in [0, 0.1) is 0 Å². The summed E-state index contributed by atoms with van der Waals surface area (Å²) in [5.41, 5.74) is -1.21. The number of benzene rings is 2. The molecule has 2 aromatic rings. The minimum absolute atomic E-state index is 0.118. The second kappa shape index (κ2) is 7.92. The molecule has 2 N–H and O–H groups in total. The molecule has 0 bridgehead atoms. The molecule has 0 saturated carbocycles. The van der Waals surface area contributed by atoms with Crippen molar-refractivity contribution in [3.8, 4) is 5.75 Å². The topological polar surface area (TPSA) is 50.4 Å². The minimum atomic E-state index is -4.54. The SMILES string of the molecule is O=C(NCCOc1cccc(Cl)c1)Nc1ccccc1C(F)(F)F. The molecular weight excluding hydrogens is 345 g/mol. The third kappa shape index (κ3) is 5.34. The molecule has 2 rings (SSSR count). The number of alkyl halides is 3. The van der Waals surface area contributed by atoms with Gasteiger partial charge in [-0.3, -0.25) is 0 Å². The molecule has 2 amide bonds. The van der Waals surface area contributed by atoms with Crippen LogP contribution in [0.5, 0.6) is 5.75 Å². The fourth-order valence-corrected chi connectivity index (χ4v) is 2.08. The van der Waals surface area contributed by atoms with Crippen molar-refractivity contribution in [1.82, 2.24) is 5.32 Å². The van der Waals surface area contributed by atoms with E-state index in [9.17, 15) is 18.0 Å². The van der Waals surface area contributed by atoms with Gasteiger partial charge in [-0.25, -0.2) is 4.79 Å². The van der Waals surface area contributed by atoms with Gasteiger partial charge in [-0.2, -0.15) is 13.2 Å². The average molecular weight is 359 g/mol. The largest absolute Gasteiger partial charge is 0.492 e. The number of amides is 2. The summed E-state index contributed by atoms with van der Waals surface area (Å²) in [6.45, 7) is 0.265. The molecule has 2 aromatic carbocycles. The van der Waals surface area contributed by atoms with Gasteiger partial charge in [-0.1, -0.05) is 29.8 Å². The fourth-order valence-electron chi connectivity index (χ4n) is 1.90. The summed E-state index contributed by atoms with van der Waals surface area (Å²) < 4.78 is 43.8. The maximum Gasteiger partial charge on any atom is 0.418 e. The van der Waals surface area contributed by atoms with Crippen LogP contribution in [0.4, 0.5) is 23.7 Å². The number of anilines is 1. The van der Waals surface area contributed by atoms with E-state index in [2.05, 4.69) is 10.6 Å². The first-order valence-electron chi connectivity index (χ1n) is 6.96. The first-order chi connectivity index (χ1) is 11.4. The van der Waals surface area contributed by atoms with Gasteiger partial charge in [0.15, 0.2) is 0 Å². The monoisotopic (exact) mass is 358 g/mol. The molecule has 0 spiro atoms. The summed E-state index contributed by atoms with van der Waals surface area (Å²) in [5, 5.41) is 5.11. The van der Waals surface area contributed by atoms with E-state index in [0.29, 0.717) is 10.8 Å². The molecule has 128 valence electrons. The van der Waals surface area contributed by atoms with Crippen LogP contribution >= 0.6 is 11.6 Å². The lowest BCUT2D eigenvalue weighted by Gasteiger charge is -2.14. The highest BCUT2D eigenvalue weighted by atomic mass is 35.5. The Labute approximate surface area is 141 Å². The lowest BCUT2D eigenvalue weighted by Crippen LogP contribution is -2.32. The van der Waals surface area contributed by atoms with E-state index in [4.69, 9.17) is 16.3 Å². The number of ether oxygens (including phenoxy) is 1. The molecule has 4 nitrogen and oxygen atoms in total. The van der Waals surface area contributed by atoms with Crippen LogP contribution in [0.1, 0.15) is 5.56 Å². The van der Waals surface area contributed by atoms with Gasteiger partial charge < -0.3 is 15.4 Å². The average Bonchev–Trinajstić information content (AvgIpc) is 2.51. The zero-order valence-corrected chi connectivity index (χ0v) is 13.1. The van der Waals surface area contributed by atoms with Crippen LogP contribution in [-0.2, 0) is 6.18 Å². The third-order valence-corrected chi connectivity index (χ3v) is 3.17. The van der Waals surface area contributed by atoms with Crippen molar-refractivity contribution in [2.24, 2.45) is 0 Å². The predicted octanol–water partition coefficient (Wildman–Crippen LogP) is 4.56. The van der Waals surface area contributed by atoms with Gasteiger partial charge in [-0.15, -0.1) is 0 Å². The third-order valence-electron chi connectivity index (χ3n) is 2.93. The Kier molecular flexibility index (Phi) is 5.92. The molecule has 0 heterocycles. The zero-order chi connectivity index (χ0) is 17.6. The number of urea groups is 1. The molecule has 0 aliphatic rings. The van der Waals surface area contributed by atoms with Gasteiger partial charge in [0.1, 0.15) is 12.4 Å². The van der Waals surface area contributed by atoms with Gasteiger partial charge in [0.25, 0.3) is 0 Å². The van der Waals surface area contributed by atoms with Gasteiger partial charge in [0, 0.05) is 5.02 Å². The van der Waals surface area contributed by atoms with Crippen molar-refractivity contribution >= 4 is 23.3 Å². The van der Waals surface area contributed by atoms with Gasteiger partial charge in [0.2, 0.25) is 0 Å². The quantitative estimate of drug-likeness (QED) is 0.770. The summed E-state index contributed by atoms with van der Waals surface area (Å²) in [4.78, 5) is 11.7. The standard InChI is InChI=1S/C16H14ClF3N2O2/c17-11-4-3-5-12(10-11)24-9-8-21-15(23)22-14-7-2-1-6-13(14)16(18,19)20/h1-7,10H,8-9H2,(H2,21,22,23). The number of hydrogen-bond donors (Lipinski definition) is 2. The molecule has 0 radical (unpaired) electrons. The van der Waals surface area contributed by atoms with Crippen molar-refractivity contribution in [1.29, 1.82) is 0 Å². The minimum Gasteiger partial charge on any atom is -0.492 e. The molecule has 24 heavy (non-hydrogen) atoms. The van der Waals surface area contributed by atoms with Crippen molar-refractivity contribution in [2.75, 3.05) is 18.5 Å². The summed E-state index contributed by atoms with van der Waals surface area (Å²) in [6.07, 6.45) is -4.54. The normalized spacial score (nSPS) is 11.0. The summed E-state index contributed by atoms with van der Waals surface area (Å²) in [7, 11) is 0. The Morgan fingerprint density at radius 1 is 1.12 bits per heavy atom. The first kappa shape index (κ1) is 17.9. The highest BCUT2D eigenvalue weighted by Crippen LogP contribution is 2.34. The summed E-state index contributed by atoms with van der Waals surface area (Å²) >= 11 is 5.80. The number of rotatable bonds is 5. The molecule has 0 unspecified atom stereocenters. The fraction of sp³-hybridized carbons (Fsp3) is 0.188. The van der Waals surface area contributed by atoms with Crippen LogP contribution in [0.15, 0.2) is 48.5 Å². The van der Waals surface area contributed by atoms with Crippen molar-refractivity contribution in [2.45, 2.75) is 6.18 Å². The number of carbonyl (C=O) groups excluding carboxylic acids is 1.